The fraction of sp³-hybridized carbons (Fsp3) is 0.250. The molecular weight excluding hydrogens is 290 g/mol. The molecule has 1 rings (SSSR count). The lowest BCUT2D eigenvalue weighted by atomic mass is 10.4. The first-order valence-corrected chi connectivity index (χ1v) is 5.90. The Morgan fingerprint density at radius 3 is 1.76 bits per heavy atom. The fourth-order valence-electron chi connectivity index (χ4n) is 0.899. The van der Waals surface area contributed by atoms with Crippen LogP contribution in [-0.2, 0) is 10.8 Å². The van der Waals surface area contributed by atoms with Gasteiger partial charge in [-0.2, -0.15) is 26.3 Å². The molecule has 96 valence electrons. The van der Waals surface area contributed by atoms with Crippen LogP contribution in [0.5, 0.6) is 0 Å². The zero-order valence-electron chi connectivity index (χ0n) is 7.80. The summed E-state index contributed by atoms with van der Waals surface area (Å²) < 4.78 is 82.6. The number of alkyl halides is 6. The van der Waals surface area contributed by atoms with Gasteiger partial charge in [0.25, 0.3) is 0 Å². The van der Waals surface area contributed by atoms with Crippen LogP contribution in [0.15, 0.2) is 34.1 Å². The highest BCUT2D eigenvalue weighted by Crippen LogP contribution is 2.37. The van der Waals surface area contributed by atoms with Crippen molar-refractivity contribution >= 4 is 22.6 Å². The zero-order chi connectivity index (χ0) is 13.3. The van der Waals surface area contributed by atoms with E-state index in [4.69, 9.17) is 0 Å². The Bertz CT molecular complexity index is 408. The number of hydrogen-bond acceptors (Lipinski definition) is 2. The molecule has 1 nitrogen and oxygen atoms in total. The second kappa shape index (κ2) is 4.89. The van der Waals surface area contributed by atoms with Gasteiger partial charge in [-0.25, -0.2) is 4.21 Å². The third kappa shape index (κ3) is 4.58. The molecule has 1 atom stereocenters. The minimum Gasteiger partial charge on any atom is -0.245 e. The first-order chi connectivity index (χ1) is 7.59. The molecule has 0 saturated carbocycles. The summed E-state index contributed by atoms with van der Waals surface area (Å²) in [5, 5.41) is 0. The predicted octanol–water partition coefficient (Wildman–Crippen LogP) is 3.93. The topological polar surface area (TPSA) is 17.1 Å². The number of benzene rings is 1. The van der Waals surface area contributed by atoms with Gasteiger partial charge in [-0.15, -0.1) is 0 Å². The summed E-state index contributed by atoms with van der Waals surface area (Å²) in [6.45, 7) is 0. The van der Waals surface area contributed by atoms with Crippen LogP contribution in [-0.4, -0.2) is 15.2 Å². The number of thioether (sulfide) groups is 1. The number of halogens is 6. The van der Waals surface area contributed by atoms with Gasteiger partial charge in [-0.1, -0.05) is 0 Å². The van der Waals surface area contributed by atoms with Gasteiger partial charge in [-0.05, 0) is 36.0 Å². The molecule has 0 aromatic heterocycles. The van der Waals surface area contributed by atoms with E-state index in [9.17, 15) is 30.6 Å². The summed E-state index contributed by atoms with van der Waals surface area (Å²) in [5.41, 5.74) is -9.43. The van der Waals surface area contributed by atoms with Crippen LogP contribution in [0.2, 0.25) is 0 Å². The molecule has 0 spiro atoms. The molecule has 0 fully saturated rings. The summed E-state index contributed by atoms with van der Waals surface area (Å²) >= 11 is -0.452. The first kappa shape index (κ1) is 14.4. The highest BCUT2D eigenvalue weighted by molar-refractivity contribution is 8.00. The molecule has 0 N–H and O–H groups in total. The molecule has 0 amide bonds. The molecule has 0 heterocycles. The van der Waals surface area contributed by atoms with E-state index >= 15 is 0 Å². The molecule has 1 aromatic carbocycles. The summed E-state index contributed by atoms with van der Waals surface area (Å²) in [4.78, 5) is -0.843. The number of hydrogen-bond donors (Lipinski definition) is 0. The maximum absolute atomic E-state index is 12.0. The van der Waals surface area contributed by atoms with E-state index in [1.54, 1.807) is 0 Å². The normalized spacial score (nSPS) is 14.7. The lowest BCUT2D eigenvalue weighted by molar-refractivity contribution is -0.0386. The van der Waals surface area contributed by atoms with Gasteiger partial charge in [0.1, 0.15) is 0 Å². The Morgan fingerprint density at radius 1 is 0.941 bits per heavy atom. The summed E-state index contributed by atoms with van der Waals surface area (Å²) in [6.07, 6.45) is 0. The quantitative estimate of drug-likeness (QED) is 0.607. The van der Waals surface area contributed by atoms with E-state index in [0.29, 0.717) is 0 Å². The molecule has 0 aliphatic rings. The van der Waals surface area contributed by atoms with Crippen LogP contribution in [0.3, 0.4) is 0 Å². The highest BCUT2D eigenvalue weighted by Gasteiger charge is 2.38. The monoisotopic (exact) mass is 294 g/mol. The van der Waals surface area contributed by atoms with E-state index in [1.807, 2.05) is 0 Å². The average molecular weight is 294 g/mol. The van der Waals surface area contributed by atoms with Crippen LogP contribution in [0.25, 0.3) is 0 Å². The standard InChI is InChI=1S/C8H4F6OS2/c9-7(10,11)16-5-1-3-6(4-2-5)17(15)8(12,13)14/h1-4H. The second-order valence-electron chi connectivity index (χ2n) is 2.73. The molecule has 0 aliphatic carbocycles. The van der Waals surface area contributed by atoms with Gasteiger partial charge < -0.3 is 0 Å². The maximum Gasteiger partial charge on any atom is 0.475 e. The molecule has 9 heteroatoms. The van der Waals surface area contributed by atoms with Crippen LogP contribution < -0.4 is 0 Å². The third-order valence-electron chi connectivity index (χ3n) is 1.48. The SMILES string of the molecule is O=S(c1ccc(SC(F)(F)F)cc1)C(F)(F)F. The van der Waals surface area contributed by atoms with Gasteiger partial charge in [0, 0.05) is 9.79 Å². The minimum absolute atomic E-state index is 0.263. The molecule has 1 aromatic rings. The van der Waals surface area contributed by atoms with Crippen molar-refractivity contribution in [1.82, 2.24) is 0 Å². The van der Waals surface area contributed by atoms with Crippen molar-refractivity contribution in [2.24, 2.45) is 0 Å². The zero-order valence-corrected chi connectivity index (χ0v) is 9.43. The molecule has 0 aliphatic heterocycles. The van der Waals surface area contributed by atoms with Crippen molar-refractivity contribution in [2.45, 2.75) is 20.8 Å². The summed E-state index contributed by atoms with van der Waals surface area (Å²) in [5.74, 6) is 0. The van der Waals surface area contributed by atoms with E-state index in [-0.39, 0.29) is 4.90 Å². The molecule has 1 unspecified atom stereocenters. The molecule has 17 heavy (non-hydrogen) atoms. The van der Waals surface area contributed by atoms with Gasteiger partial charge in [0.05, 0.1) is 0 Å². The summed E-state index contributed by atoms with van der Waals surface area (Å²) in [7, 11) is -3.22. The van der Waals surface area contributed by atoms with Crippen molar-refractivity contribution in [3.8, 4) is 0 Å². The largest absolute Gasteiger partial charge is 0.475 e. The Kier molecular flexibility index (Phi) is 4.13. The van der Waals surface area contributed by atoms with Crippen molar-refractivity contribution in [2.75, 3.05) is 0 Å². The van der Waals surface area contributed by atoms with Crippen LogP contribution in [0.4, 0.5) is 26.3 Å². The summed E-state index contributed by atoms with van der Waals surface area (Å²) in [6, 6.07) is 3.21. The number of rotatable bonds is 2. The smallest absolute Gasteiger partial charge is 0.245 e. The van der Waals surface area contributed by atoms with Crippen molar-refractivity contribution in [1.29, 1.82) is 0 Å². The fourth-order valence-corrected chi connectivity index (χ4v) is 2.09. The van der Waals surface area contributed by atoms with Gasteiger partial charge in [-0.3, -0.25) is 0 Å². The third-order valence-corrected chi connectivity index (χ3v) is 3.34. The molecule has 0 radical (unpaired) electrons. The molecule has 0 bridgehead atoms. The van der Waals surface area contributed by atoms with Gasteiger partial charge >= 0.3 is 11.0 Å². The Morgan fingerprint density at radius 2 is 1.41 bits per heavy atom. The van der Waals surface area contributed by atoms with Crippen LogP contribution in [0.1, 0.15) is 0 Å². The highest BCUT2D eigenvalue weighted by atomic mass is 32.2. The van der Waals surface area contributed by atoms with Crippen LogP contribution in [0, 0.1) is 0 Å². The van der Waals surface area contributed by atoms with Crippen molar-refractivity contribution in [3.05, 3.63) is 24.3 Å². The Balaban J connectivity index is 2.86. The minimum atomic E-state index is -4.92. The lowest BCUT2D eigenvalue weighted by Gasteiger charge is -2.08. The second-order valence-corrected chi connectivity index (χ2v) is 5.34. The van der Waals surface area contributed by atoms with Gasteiger partial charge in [0.2, 0.25) is 0 Å². The van der Waals surface area contributed by atoms with Crippen molar-refractivity contribution in [3.63, 3.8) is 0 Å². The van der Waals surface area contributed by atoms with E-state index < -0.39 is 38.5 Å². The molecular formula is C8H4F6OS2. The lowest BCUT2D eigenvalue weighted by Crippen LogP contribution is -2.16. The van der Waals surface area contributed by atoms with E-state index in [2.05, 4.69) is 0 Å². The predicted molar refractivity (Wildman–Crippen MR) is 50.8 cm³/mol. The van der Waals surface area contributed by atoms with Gasteiger partial charge in [0.15, 0.2) is 10.8 Å². The maximum atomic E-state index is 12.0. The van der Waals surface area contributed by atoms with Crippen molar-refractivity contribution < 1.29 is 30.6 Å². The first-order valence-electron chi connectivity index (χ1n) is 3.94. The van der Waals surface area contributed by atoms with E-state index in [0.717, 1.165) is 24.3 Å². The Hall–Kier alpha value is -0.700. The Labute approximate surface area is 98.7 Å². The average Bonchev–Trinajstić information content (AvgIpc) is 2.14. The molecule has 0 saturated heterocycles. The van der Waals surface area contributed by atoms with Crippen LogP contribution >= 0.6 is 11.8 Å². The van der Waals surface area contributed by atoms with E-state index in [1.165, 1.54) is 0 Å².